The van der Waals surface area contributed by atoms with Gasteiger partial charge in [0.2, 0.25) is 0 Å². The molecule has 7 heavy (non-hydrogen) atoms. The highest BCUT2D eigenvalue weighted by Gasteiger charge is 2.07. The molecule has 0 aliphatic rings. The van der Waals surface area contributed by atoms with Gasteiger partial charge in [-0.05, 0) is 6.20 Å². The molecule has 0 aromatic heterocycles. The quantitative estimate of drug-likeness (QED) is 0.538. The van der Waals surface area contributed by atoms with Crippen LogP contribution >= 0.6 is 0 Å². The molecule has 0 aliphatic carbocycles. The van der Waals surface area contributed by atoms with Crippen molar-refractivity contribution >= 4 is 8.24 Å². The van der Waals surface area contributed by atoms with E-state index in [0.29, 0.717) is 0 Å². The van der Waals surface area contributed by atoms with E-state index >= 15 is 0 Å². The van der Waals surface area contributed by atoms with E-state index in [2.05, 4.69) is 31.2 Å². The van der Waals surface area contributed by atoms with Crippen LogP contribution in [0.5, 0.6) is 0 Å². The van der Waals surface area contributed by atoms with Crippen molar-refractivity contribution in [3.8, 4) is 0 Å². The van der Waals surface area contributed by atoms with Gasteiger partial charge < -0.3 is 4.98 Å². The molecular weight excluding hydrogens is 102 g/mol. The topological polar surface area (TPSA) is 12.0 Å². The van der Waals surface area contributed by atoms with Crippen molar-refractivity contribution in [2.75, 3.05) is 0 Å². The van der Waals surface area contributed by atoms with Crippen LogP contribution in [-0.4, -0.2) is 8.24 Å². The van der Waals surface area contributed by atoms with Crippen molar-refractivity contribution in [3.63, 3.8) is 0 Å². The highest BCUT2D eigenvalue weighted by Crippen LogP contribution is 1.91. The zero-order valence-corrected chi connectivity index (χ0v) is 6.28. The zero-order chi connectivity index (χ0) is 5.91. The Morgan fingerprint density at radius 2 is 1.86 bits per heavy atom. The van der Waals surface area contributed by atoms with Gasteiger partial charge in [-0.15, -0.1) is 0 Å². The Hall–Kier alpha value is -0.243. The van der Waals surface area contributed by atoms with Gasteiger partial charge in [0.05, 0.1) is 0 Å². The second kappa shape index (κ2) is 2.16. The largest absolute Gasteiger partial charge is 0.417 e. The van der Waals surface area contributed by atoms with E-state index in [-0.39, 0.29) is 0 Å². The first-order valence-electron chi connectivity index (χ1n) is 2.45. The third-order valence-electron chi connectivity index (χ3n) is 0.535. The fourth-order valence-electron chi connectivity index (χ4n) is 0.306. The molecule has 0 radical (unpaired) electrons. The molecule has 0 bridgehead atoms. The number of rotatable bonds is 2. The molecular formula is C5H13NSi. The summed E-state index contributed by atoms with van der Waals surface area (Å²) in [6.45, 7) is 10.3. The summed E-state index contributed by atoms with van der Waals surface area (Å²) in [7, 11) is -1.03. The summed E-state index contributed by atoms with van der Waals surface area (Å²) in [6, 6.07) is 0. The van der Waals surface area contributed by atoms with Crippen LogP contribution in [-0.2, 0) is 0 Å². The molecule has 0 atom stereocenters. The van der Waals surface area contributed by atoms with Crippen molar-refractivity contribution in [3.05, 3.63) is 12.8 Å². The molecule has 0 heterocycles. The van der Waals surface area contributed by atoms with E-state index < -0.39 is 8.24 Å². The third-order valence-corrected chi connectivity index (χ3v) is 1.61. The van der Waals surface area contributed by atoms with E-state index in [9.17, 15) is 0 Å². The average molecular weight is 115 g/mol. The molecule has 0 saturated heterocycles. The number of hydrogen-bond acceptors (Lipinski definition) is 1. The second-order valence-corrected chi connectivity index (χ2v) is 7.39. The Kier molecular flexibility index (Phi) is 2.09. The summed E-state index contributed by atoms with van der Waals surface area (Å²) in [5, 5.41) is 0. The van der Waals surface area contributed by atoms with Crippen LogP contribution in [0, 0.1) is 0 Å². The van der Waals surface area contributed by atoms with E-state index in [1.807, 2.05) is 0 Å². The summed E-state index contributed by atoms with van der Waals surface area (Å²) in [4.78, 5) is 3.19. The van der Waals surface area contributed by atoms with Gasteiger partial charge in [-0.25, -0.2) is 0 Å². The van der Waals surface area contributed by atoms with Crippen LogP contribution in [0.3, 0.4) is 0 Å². The van der Waals surface area contributed by atoms with Gasteiger partial charge in [0.15, 0.2) is 0 Å². The van der Waals surface area contributed by atoms with Gasteiger partial charge in [-0.1, -0.05) is 26.2 Å². The van der Waals surface area contributed by atoms with Gasteiger partial charge >= 0.3 is 0 Å². The molecule has 0 amide bonds. The molecule has 1 nitrogen and oxygen atoms in total. The molecule has 0 aromatic rings. The highest BCUT2D eigenvalue weighted by atomic mass is 28.3. The molecule has 0 spiro atoms. The molecule has 2 heteroatoms. The van der Waals surface area contributed by atoms with Crippen LogP contribution < -0.4 is 4.98 Å². The average Bonchev–Trinajstić information content (AvgIpc) is 1.30. The number of nitrogens with one attached hydrogen (secondary N) is 1. The zero-order valence-electron chi connectivity index (χ0n) is 5.28. The Balaban J connectivity index is 3.34. The van der Waals surface area contributed by atoms with Gasteiger partial charge in [-0.3, -0.25) is 0 Å². The second-order valence-electron chi connectivity index (χ2n) is 2.60. The van der Waals surface area contributed by atoms with Crippen LogP contribution in [0.25, 0.3) is 0 Å². The lowest BCUT2D eigenvalue weighted by Crippen LogP contribution is -2.36. The van der Waals surface area contributed by atoms with Crippen molar-refractivity contribution in [2.24, 2.45) is 0 Å². The third kappa shape index (κ3) is 5.76. The fourth-order valence-corrected chi connectivity index (χ4v) is 0.919. The maximum absolute atomic E-state index is 3.57. The SMILES string of the molecule is C=CN[Si](C)(C)C. The molecule has 0 fully saturated rings. The predicted molar refractivity (Wildman–Crippen MR) is 36.7 cm³/mol. The van der Waals surface area contributed by atoms with E-state index in [0.717, 1.165) is 0 Å². The van der Waals surface area contributed by atoms with Crippen molar-refractivity contribution in [1.29, 1.82) is 0 Å². The van der Waals surface area contributed by atoms with Gasteiger partial charge in [0.25, 0.3) is 0 Å². The predicted octanol–water partition coefficient (Wildman–Crippen LogP) is 1.55. The van der Waals surface area contributed by atoms with Gasteiger partial charge in [0, 0.05) is 0 Å². The lowest BCUT2D eigenvalue weighted by atomic mass is 11.1. The maximum Gasteiger partial charge on any atom is 0.143 e. The van der Waals surface area contributed by atoms with Crippen molar-refractivity contribution in [2.45, 2.75) is 19.6 Å². The van der Waals surface area contributed by atoms with E-state index in [1.54, 1.807) is 6.20 Å². The minimum Gasteiger partial charge on any atom is -0.417 e. The lowest BCUT2D eigenvalue weighted by Gasteiger charge is -2.14. The summed E-state index contributed by atoms with van der Waals surface area (Å²) in [6.07, 6.45) is 1.77. The monoisotopic (exact) mass is 115 g/mol. The summed E-state index contributed by atoms with van der Waals surface area (Å²) < 4.78 is 0. The lowest BCUT2D eigenvalue weighted by molar-refractivity contribution is 1.26. The smallest absolute Gasteiger partial charge is 0.143 e. The van der Waals surface area contributed by atoms with Gasteiger partial charge in [-0.2, -0.15) is 0 Å². The molecule has 0 rings (SSSR count). The first-order valence-corrected chi connectivity index (χ1v) is 5.95. The summed E-state index contributed by atoms with van der Waals surface area (Å²) >= 11 is 0. The molecule has 0 unspecified atom stereocenters. The summed E-state index contributed by atoms with van der Waals surface area (Å²) in [5.74, 6) is 0. The Morgan fingerprint density at radius 3 is 1.86 bits per heavy atom. The van der Waals surface area contributed by atoms with Crippen molar-refractivity contribution in [1.82, 2.24) is 4.98 Å². The highest BCUT2D eigenvalue weighted by molar-refractivity contribution is 6.73. The maximum atomic E-state index is 3.57. The molecule has 0 aromatic carbocycles. The standard InChI is InChI=1S/C5H13NSi/c1-5-6-7(2,3)4/h5-6H,1H2,2-4H3. The minimum absolute atomic E-state index is 1.03. The molecule has 1 N–H and O–H groups in total. The van der Waals surface area contributed by atoms with E-state index in [1.165, 1.54) is 0 Å². The van der Waals surface area contributed by atoms with Crippen molar-refractivity contribution < 1.29 is 0 Å². The van der Waals surface area contributed by atoms with Gasteiger partial charge in [0.1, 0.15) is 8.24 Å². The first-order chi connectivity index (χ1) is 3.06. The first kappa shape index (κ1) is 6.76. The van der Waals surface area contributed by atoms with Crippen LogP contribution in [0.1, 0.15) is 0 Å². The Labute approximate surface area is 46.5 Å². The fraction of sp³-hybridized carbons (Fsp3) is 0.600. The van der Waals surface area contributed by atoms with Crippen LogP contribution in [0.2, 0.25) is 19.6 Å². The molecule has 0 aliphatic heterocycles. The van der Waals surface area contributed by atoms with E-state index in [4.69, 9.17) is 0 Å². The molecule has 0 saturated carbocycles. The van der Waals surface area contributed by atoms with Crippen LogP contribution in [0.4, 0.5) is 0 Å². The normalized spacial score (nSPS) is 10.7. The number of hydrogen-bond donors (Lipinski definition) is 1. The Morgan fingerprint density at radius 1 is 1.43 bits per heavy atom. The Bertz CT molecular complexity index is 63.0. The minimum atomic E-state index is -1.03. The molecule has 42 valence electrons. The van der Waals surface area contributed by atoms with Crippen LogP contribution in [0.15, 0.2) is 12.8 Å². The summed E-state index contributed by atoms with van der Waals surface area (Å²) in [5.41, 5.74) is 0.